The number of nitrogens with one attached hydrogen (secondary N) is 1. The van der Waals surface area contributed by atoms with Crippen LogP contribution in [0.3, 0.4) is 0 Å². The lowest BCUT2D eigenvalue weighted by Crippen LogP contribution is -2.48. The van der Waals surface area contributed by atoms with E-state index in [0.29, 0.717) is 12.8 Å². The molecule has 19 heavy (non-hydrogen) atoms. The molecule has 0 aromatic heterocycles. The van der Waals surface area contributed by atoms with E-state index in [4.69, 9.17) is 0 Å². The number of hydrogen-bond acceptors (Lipinski definition) is 3. The van der Waals surface area contributed by atoms with E-state index in [9.17, 15) is 18.0 Å². The molecule has 0 spiro atoms. The second-order valence-corrected chi connectivity index (χ2v) is 6.10. The van der Waals surface area contributed by atoms with Gasteiger partial charge < -0.3 is 5.32 Å². The van der Waals surface area contributed by atoms with Crippen LogP contribution in [-0.2, 0) is 4.79 Å². The van der Waals surface area contributed by atoms with Gasteiger partial charge in [0.2, 0.25) is 5.91 Å². The van der Waals surface area contributed by atoms with Gasteiger partial charge in [-0.2, -0.15) is 25.8 Å². The van der Waals surface area contributed by atoms with Crippen molar-refractivity contribution < 1.29 is 18.0 Å². The Kier molecular flexibility index (Phi) is 5.55. The molecule has 112 valence electrons. The quantitative estimate of drug-likeness (QED) is 0.781. The van der Waals surface area contributed by atoms with Crippen LogP contribution in [0.15, 0.2) is 0 Å². The van der Waals surface area contributed by atoms with Gasteiger partial charge in [-0.05, 0) is 19.8 Å². The number of likely N-dealkylation sites (tertiary alicyclic amines) is 1. The number of piperidine rings is 1. The molecule has 0 aromatic rings. The number of carbonyl (C=O) groups excluding carboxylic acids is 1. The van der Waals surface area contributed by atoms with Gasteiger partial charge in [-0.1, -0.05) is 6.92 Å². The molecule has 1 fully saturated rings. The fraction of sp³-hybridized carbons (Fsp3) is 0.917. The van der Waals surface area contributed by atoms with Gasteiger partial charge in [0.25, 0.3) is 0 Å². The minimum Gasteiger partial charge on any atom is -0.355 e. The Hall–Kier alpha value is -0.430. The maximum absolute atomic E-state index is 12.0. The highest BCUT2D eigenvalue weighted by molar-refractivity contribution is 7.80. The maximum Gasteiger partial charge on any atom is 0.390 e. The molecular weight excluding hydrogens is 277 g/mol. The Labute approximate surface area is 117 Å². The van der Waals surface area contributed by atoms with E-state index < -0.39 is 18.0 Å². The predicted molar refractivity (Wildman–Crippen MR) is 71.0 cm³/mol. The van der Waals surface area contributed by atoms with E-state index in [0.717, 1.165) is 13.1 Å². The molecule has 0 bridgehead atoms. The Morgan fingerprint density at radius 3 is 2.37 bits per heavy atom. The standard InChI is InChI=1S/C12H21F3N2OS/c1-9(19)17-7-4-11(2,5-8-17)10(18)16-6-3-12(13,14)15/h9,19H,3-8H2,1-2H3,(H,16,18). The Morgan fingerprint density at radius 1 is 1.42 bits per heavy atom. The highest BCUT2D eigenvalue weighted by Crippen LogP contribution is 2.32. The van der Waals surface area contributed by atoms with Gasteiger partial charge in [-0.3, -0.25) is 9.69 Å². The van der Waals surface area contributed by atoms with Gasteiger partial charge in [-0.25, -0.2) is 0 Å². The summed E-state index contributed by atoms with van der Waals surface area (Å²) in [7, 11) is 0. The van der Waals surface area contributed by atoms with Gasteiger partial charge >= 0.3 is 6.18 Å². The third kappa shape index (κ3) is 5.22. The topological polar surface area (TPSA) is 32.3 Å². The summed E-state index contributed by atoms with van der Waals surface area (Å²) in [6, 6.07) is 0. The maximum atomic E-state index is 12.0. The molecule has 1 heterocycles. The van der Waals surface area contributed by atoms with Crippen molar-refractivity contribution in [3.8, 4) is 0 Å². The normalized spacial score (nSPS) is 22.0. The van der Waals surface area contributed by atoms with Gasteiger partial charge in [0.1, 0.15) is 0 Å². The van der Waals surface area contributed by atoms with Crippen LogP contribution in [0.4, 0.5) is 13.2 Å². The summed E-state index contributed by atoms with van der Waals surface area (Å²) in [6.45, 7) is 4.93. The molecule has 1 N–H and O–H groups in total. The first-order chi connectivity index (χ1) is 8.64. The number of rotatable bonds is 4. The molecule has 1 rings (SSSR count). The zero-order valence-electron chi connectivity index (χ0n) is 11.3. The minimum atomic E-state index is -4.22. The fourth-order valence-electron chi connectivity index (χ4n) is 2.15. The van der Waals surface area contributed by atoms with Crippen molar-refractivity contribution in [2.24, 2.45) is 5.41 Å². The van der Waals surface area contributed by atoms with Crippen LogP contribution < -0.4 is 5.32 Å². The van der Waals surface area contributed by atoms with E-state index in [1.54, 1.807) is 0 Å². The summed E-state index contributed by atoms with van der Waals surface area (Å²) in [4.78, 5) is 14.1. The summed E-state index contributed by atoms with van der Waals surface area (Å²) < 4.78 is 36.1. The lowest BCUT2D eigenvalue weighted by molar-refractivity contribution is -0.139. The van der Waals surface area contributed by atoms with Gasteiger partial charge in [0.05, 0.1) is 6.42 Å². The summed E-state index contributed by atoms with van der Waals surface area (Å²) in [5.74, 6) is -0.275. The summed E-state index contributed by atoms with van der Waals surface area (Å²) in [5.41, 5.74) is -0.565. The molecule has 1 unspecified atom stereocenters. The van der Waals surface area contributed by atoms with E-state index in [-0.39, 0.29) is 17.8 Å². The number of hydrogen-bond donors (Lipinski definition) is 2. The first-order valence-electron chi connectivity index (χ1n) is 6.41. The number of carbonyl (C=O) groups is 1. The van der Waals surface area contributed by atoms with E-state index >= 15 is 0 Å². The lowest BCUT2D eigenvalue weighted by atomic mass is 9.79. The second-order valence-electron chi connectivity index (χ2n) is 5.35. The fourth-order valence-corrected chi connectivity index (χ4v) is 2.38. The minimum absolute atomic E-state index is 0.137. The molecule has 1 amide bonds. The zero-order valence-corrected chi connectivity index (χ0v) is 12.2. The molecular formula is C12H21F3N2OS. The van der Waals surface area contributed by atoms with Crippen LogP contribution in [0.2, 0.25) is 0 Å². The van der Waals surface area contributed by atoms with Gasteiger partial charge in [0.15, 0.2) is 0 Å². The first-order valence-corrected chi connectivity index (χ1v) is 6.93. The summed E-state index contributed by atoms with van der Waals surface area (Å²) >= 11 is 4.34. The number of amides is 1. The summed E-state index contributed by atoms with van der Waals surface area (Å²) in [6.07, 6.45) is -3.90. The lowest BCUT2D eigenvalue weighted by Gasteiger charge is -2.39. The number of alkyl halides is 3. The van der Waals surface area contributed by atoms with Crippen molar-refractivity contribution in [2.75, 3.05) is 19.6 Å². The van der Waals surface area contributed by atoms with E-state index in [1.807, 2.05) is 13.8 Å². The molecule has 0 aliphatic carbocycles. The largest absolute Gasteiger partial charge is 0.390 e. The molecule has 3 nitrogen and oxygen atoms in total. The Bertz CT molecular complexity index is 313. The van der Waals surface area contributed by atoms with Crippen LogP contribution in [0.25, 0.3) is 0 Å². The third-order valence-electron chi connectivity index (χ3n) is 3.67. The molecule has 0 saturated carbocycles. The van der Waals surface area contributed by atoms with Crippen LogP contribution in [0.5, 0.6) is 0 Å². The smallest absolute Gasteiger partial charge is 0.355 e. The van der Waals surface area contributed by atoms with E-state index in [1.165, 1.54) is 0 Å². The Balaban J connectivity index is 2.40. The molecule has 1 aliphatic rings. The van der Waals surface area contributed by atoms with Crippen LogP contribution in [0.1, 0.15) is 33.1 Å². The zero-order chi connectivity index (χ0) is 14.7. The predicted octanol–water partition coefficient (Wildman–Crippen LogP) is 2.43. The van der Waals surface area contributed by atoms with Crippen molar-refractivity contribution >= 4 is 18.5 Å². The average molecular weight is 298 g/mol. The molecule has 1 saturated heterocycles. The highest BCUT2D eigenvalue weighted by atomic mass is 32.1. The van der Waals surface area contributed by atoms with E-state index in [2.05, 4.69) is 22.8 Å². The molecule has 7 heteroatoms. The first kappa shape index (κ1) is 16.6. The van der Waals surface area contributed by atoms with Crippen molar-refractivity contribution in [1.82, 2.24) is 10.2 Å². The molecule has 0 aromatic carbocycles. The molecule has 0 radical (unpaired) electrons. The van der Waals surface area contributed by atoms with Crippen molar-refractivity contribution in [2.45, 2.75) is 44.7 Å². The van der Waals surface area contributed by atoms with Crippen LogP contribution in [-0.4, -0.2) is 42.0 Å². The SMILES string of the molecule is CC(S)N1CCC(C)(C(=O)NCCC(F)(F)F)CC1. The Morgan fingerprint density at radius 2 is 1.95 bits per heavy atom. The van der Waals surface area contributed by atoms with Crippen molar-refractivity contribution in [3.05, 3.63) is 0 Å². The molecule has 1 atom stereocenters. The average Bonchev–Trinajstić information content (AvgIpc) is 2.27. The number of halogens is 3. The van der Waals surface area contributed by atoms with Crippen LogP contribution >= 0.6 is 12.6 Å². The summed E-state index contributed by atoms with van der Waals surface area (Å²) in [5, 5.41) is 2.53. The number of thiol groups is 1. The van der Waals surface area contributed by atoms with Crippen molar-refractivity contribution in [3.63, 3.8) is 0 Å². The van der Waals surface area contributed by atoms with Crippen LogP contribution in [0, 0.1) is 5.41 Å². The van der Waals surface area contributed by atoms with Gasteiger partial charge in [-0.15, -0.1) is 0 Å². The third-order valence-corrected chi connectivity index (χ3v) is 4.00. The molecule has 1 aliphatic heterocycles. The number of nitrogens with zero attached hydrogens (tertiary/aromatic N) is 1. The highest BCUT2D eigenvalue weighted by Gasteiger charge is 2.37. The van der Waals surface area contributed by atoms with Gasteiger partial charge in [0, 0.05) is 30.4 Å². The monoisotopic (exact) mass is 298 g/mol. The second kappa shape index (κ2) is 6.35. The van der Waals surface area contributed by atoms with Crippen molar-refractivity contribution in [1.29, 1.82) is 0 Å².